The Morgan fingerprint density at radius 1 is 1.73 bits per heavy atom. The summed E-state index contributed by atoms with van der Waals surface area (Å²) in [5, 5.41) is 0. The molecule has 0 aromatic carbocycles. The highest BCUT2D eigenvalue weighted by Gasteiger charge is 2.03. The van der Waals surface area contributed by atoms with Gasteiger partial charge in [0.1, 0.15) is 0 Å². The third kappa shape index (κ3) is 5.89. The predicted molar refractivity (Wildman–Crippen MR) is 45.3 cm³/mol. The Bertz CT molecular complexity index is 177. The van der Waals surface area contributed by atoms with E-state index in [1.807, 2.05) is 6.92 Å². The van der Waals surface area contributed by atoms with E-state index in [2.05, 4.69) is 0 Å². The standard InChI is InChI=1S/C9H18O2/c1-4-6-9(10)11-7-8(3)5-2/h8H,4-7H2,1-3H3/i2D3. The van der Waals surface area contributed by atoms with Gasteiger partial charge in [-0.3, -0.25) is 4.79 Å². The van der Waals surface area contributed by atoms with E-state index in [9.17, 15) is 4.79 Å². The number of hydrogen-bond donors (Lipinski definition) is 0. The van der Waals surface area contributed by atoms with Crippen LogP contribution in [0.1, 0.15) is 44.1 Å². The first-order valence-electron chi connectivity index (χ1n) is 5.50. The van der Waals surface area contributed by atoms with Crippen molar-refractivity contribution in [2.45, 2.75) is 40.0 Å². The Labute approximate surface area is 73.1 Å². The molecule has 66 valence electrons. The lowest BCUT2D eigenvalue weighted by Gasteiger charge is -2.08. The predicted octanol–water partition coefficient (Wildman–Crippen LogP) is 2.38. The van der Waals surface area contributed by atoms with E-state index in [4.69, 9.17) is 8.85 Å². The van der Waals surface area contributed by atoms with Gasteiger partial charge < -0.3 is 4.74 Å². The van der Waals surface area contributed by atoms with Gasteiger partial charge in [-0.25, -0.2) is 0 Å². The molecule has 0 amide bonds. The van der Waals surface area contributed by atoms with Gasteiger partial charge in [0.15, 0.2) is 0 Å². The summed E-state index contributed by atoms with van der Waals surface area (Å²) >= 11 is 0. The normalized spacial score (nSPS) is 17.8. The highest BCUT2D eigenvalue weighted by Crippen LogP contribution is 2.02. The number of rotatable bonds is 5. The second kappa shape index (κ2) is 6.20. The monoisotopic (exact) mass is 161 g/mol. The lowest BCUT2D eigenvalue weighted by molar-refractivity contribution is -0.144. The summed E-state index contributed by atoms with van der Waals surface area (Å²) in [5.41, 5.74) is 0. The van der Waals surface area contributed by atoms with Crippen LogP contribution in [0, 0.1) is 5.92 Å². The molecule has 0 aromatic heterocycles. The van der Waals surface area contributed by atoms with E-state index in [1.54, 1.807) is 6.92 Å². The van der Waals surface area contributed by atoms with Crippen LogP contribution in [-0.4, -0.2) is 12.6 Å². The van der Waals surface area contributed by atoms with E-state index in [1.165, 1.54) is 0 Å². The van der Waals surface area contributed by atoms with E-state index in [0.717, 1.165) is 6.42 Å². The molecule has 0 heterocycles. The molecule has 0 fully saturated rings. The van der Waals surface area contributed by atoms with Gasteiger partial charge in [0.2, 0.25) is 0 Å². The summed E-state index contributed by atoms with van der Waals surface area (Å²) in [5.74, 6) is -0.354. The van der Waals surface area contributed by atoms with Gasteiger partial charge >= 0.3 is 5.97 Å². The molecule has 2 heteroatoms. The minimum absolute atomic E-state index is 0.0897. The second-order valence-electron chi connectivity index (χ2n) is 2.74. The molecule has 2 nitrogen and oxygen atoms in total. The van der Waals surface area contributed by atoms with Crippen molar-refractivity contribution in [2.24, 2.45) is 5.92 Å². The smallest absolute Gasteiger partial charge is 0.305 e. The topological polar surface area (TPSA) is 26.3 Å². The van der Waals surface area contributed by atoms with E-state index in [-0.39, 0.29) is 24.9 Å². The van der Waals surface area contributed by atoms with Gasteiger partial charge in [0.25, 0.3) is 0 Å². The average molecular weight is 161 g/mol. The summed E-state index contributed by atoms with van der Waals surface area (Å²) in [6, 6.07) is 0. The van der Waals surface area contributed by atoms with Crippen molar-refractivity contribution in [3.05, 3.63) is 0 Å². The third-order valence-electron chi connectivity index (χ3n) is 1.33. The van der Waals surface area contributed by atoms with Crippen LogP contribution in [0.2, 0.25) is 0 Å². The van der Waals surface area contributed by atoms with Gasteiger partial charge in [-0.1, -0.05) is 27.1 Å². The first-order chi connectivity index (χ1) is 6.35. The maximum absolute atomic E-state index is 11.0. The van der Waals surface area contributed by atoms with Crippen LogP contribution < -0.4 is 0 Å². The minimum atomic E-state index is -1.93. The molecule has 1 atom stereocenters. The maximum Gasteiger partial charge on any atom is 0.305 e. The lowest BCUT2D eigenvalue weighted by Crippen LogP contribution is -2.10. The largest absolute Gasteiger partial charge is 0.465 e. The average Bonchev–Trinajstić information content (AvgIpc) is 1.98. The Morgan fingerprint density at radius 2 is 2.45 bits per heavy atom. The fourth-order valence-corrected chi connectivity index (χ4v) is 0.570. The van der Waals surface area contributed by atoms with Crippen LogP contribution in [0.3, 0.4) is 0 Å². The number of esters is 1. The summed E-state index contributed by atoms with van der Waals surface area (Å²) < 4.78 is 26.0. The van der Waals surface area contributed by atoms with Crippen molar-refractivity contribution in [3.8, 4) is 0 Å². The first-order valence-corrected chi connectivity index (χ1v) is 4.00. The Morgan fingerprint density at radius 3 is 3.00 bits per heavy atom. The third-order valence-corrected chi connectivity index (χ3v) is 1.33. The van der Waals surface area contributed by atoms with Crippen LogP contribution in [0.4, 0.5) is 0 Å². The van der Waals surface area contributed by atoms with Crippen molar-refractivity contribution in [1.29, 1.82) is 0 Å². The Hall–Kier alpha value is -0.530. The number of hydrogen-bond acceptors (Lipinski definition) is 2. The molecule has 0 spiro atoms. The summed E-state index contributed by atoms with van der Waals surface area (Å²) in [4.78, 5) is 11.0. The van der Waals surface area contributed by atoms with Crippen molar-refractivity contribution in [1.82, 2.24) is 0 Å². The van der Waals surface area contributed by atoms with Crippen LogP contribution in [0.15, 0.2) is 0 Å². The Kier molecular flexibility index (Phi) is 3.40. The maximum atomic E-state index is 11.0. The minimum Gasteiger partial charge on any atom is -0.465 e. The zero-order valence-electron chi connectivity index (χ0n) is 10.2. The van der Waals surface area contributed by atoms with Crippen LogP contribution in [0.25, 0.3) is 0 Å². The highest BCUT2D eigenvalue weighted by atomic mass is 16.5. The molecular weight excluding hydrogens is 140 g/mol. The molecule has 0 bridgehead atoms. The number of carbonyl (C=O) groups is 1. The van der Waals surface area contributed by atoms with Crippen molar-refractivity contribution < 1.29 is 13.6 Å². The molecule has 11 heavy (non-hydrogen) atoms. The van der Waals surface area contributed by atoms with Gasteiger partial charge in [-0.15, -0.1) is 0 Å². The second-order valence-corrected chi connectivity index (χ2v) is 2.74. The molecule has 0 aromatic rings. The highest BCUT2D eigenvalue weighted by molar-refractivity contribution is 5.69. The van der Waals surface area contributed by atoms with Crippen LogP contribution in [-0.2, 0) is 9.53 Å². The summed E-state index contributed by atoms with van der Waals surface area (Å²) in [6.45, 7) is 1.94. The molecule has 0 N–H and O–H groups in total. The molecule has 0 aliphatic rings. The van der Waals surface area contributed by atoms with Crippen molar-refractivity contribution in [2.75, 3.05) is 6.61 Å². The molecule has 0 saturated carbocycles. The summed E-state index contributed by atoms with van der Waals surface area (Å²) in [6.07, 6.45) is 1.25. The fourth-order valence-electron chi connectivity index (χ4n) is 0.570. The molecular formula is C9H18O2. The van der Waals surface area contributed by atoms with Gasteiger partial charge in [-0.05, 0) is 12.3 Å². The first kappa shape index (κ1) is 6.04. The summed E-state index contributed by atoms with van der Waals surface area (Å²) in [7, 11) is 0. The van der Waals surface area contributed by atoms with Gasteiger partial charge in [-0.2, -0.15) is 0 Å². The van der Waals surface area contributed by atoms with Crippen LogP contribution in [0.5, 0.6) is 0 Å². The quantitative estimate of drug-likeness (QED) is 0.579. The molecule has 1 unspecified atom stereocenters. The van der Waals surface area contributed by atoms with Crippen LogP contribution >= 0.6 is 0 Å². The van der Waals surface area contributed by atoms with E-state index in [0.29, 0.717) is 6.42 Å². The van der Waals surface area contributed by atoms with E-state index < -0.39 is 6.85 Å². The zero-order chi connectivity index (χ0) is 11.2. The van der Waals surface area contributed by atoms with Crippen molar-refractivity contribution in [3.63, 3.8) is 0 Å². The lowest BCUT2D eigenvalue weighted by atomic mass is 10.1. The molecule has 0 aliphatic carbocycles. The number of ether oxygens (including phenoxy) is 1. The van der Waals surface area contributed by atoms with Gasteiger partial charge in [0.05, 0.1) is 6.61 Å². The van der Waals surface area contributed by atoms with Gasteiger partial charge in [0, 0.05) is 10.5 Å². The molecule has 0 rings (SSSR count). The number of carbonyl (C=O) groups excluding carboxylic acids is 1. The molecule has 0 aliphatic heterocycles. The molecule has 0 saturated heterocycles. The van der Waals surface area contributed by atoms with E-state index >= 15 is 0 Å². The molecule has 0 radical (unpaired) electrons. The Balaban J connectivity index is 3.63. The van der Waals surface area contributed by atoms with Crippen molar-refractivity contribution >= 4 is 5.97 Å². The zero-order valence-corrected chi connectivity index (χ0v) is 7.22. The fraction of sp³-hybridized carbons (Fsp3) is 0.889. The SMILES string of the molecule is [2H]C([2H])([2H])CC(C)COC(=O)CCC.